The van der Waals surface area contributed by atoms with Gasteiger partial charge in [0.25, 0.3) is 0 Å². The Bertz CT molecular complexity index is 594. The topological polar surface area (TPSA) is 39.4 Å². The second-order valence-corrected chi connectivity index (χ2v) is 4.36. The summed E-state index contributed by atoms with van der Waals surface area (Å²) in [7, 11) is 1.58. The molecule has 0 unspecified atom stereocenters. The van der Waals surface area contributed by atoms with E-state index >= 15 is 0 Å². The molecule has 0 N–H and O–H groups in total. The minimum absolute atomic E-state index is 0.0770. The third kappa shape index (κ3) is 2.04. The van der Waals surface area contributed by atoms with Crippen molar-refractivity contribution in [2.45, 2.75) is 20.8 Å². The molecule has 2 rings (SSSR count). The maximum atomic E-state index is 12.4. The SMILES string of the molecule is COc1c(C(=O)c2coc(C)c2)ccc(C)c1C. The summed E-state index contributed by atoms with van der Waals surface area (Å²) in [5.74, 6) is 1.28. The van der Waals surface area contributed by atoms with Crippen molar-refractivity contribution < 1.29 is 13.9 Å². The predicted molar refractivity (Wildman–Crippen MR) is 69.3 cm³/mol. The van der Waals surface area contributed by atoms with E-state index in [0.717, 1.165) is 16.9 Å². The molecule has 0 fully saturated rings. The van der Waals surface area contributed by atoms with Crippen LogP contribution in [0.3, 0.4) is 0 Å². The van der Waals surface area contributed by atoms with Gasteiger partial charge < -0.3 is 9.15 Å². The van der Waals surface area contributed by atoms with Gasteiger partial charge in [0.1, 0.15) is 17.8 Å². The first-order chi connectivity index (χ1) is 8.54. The van der Waals surface area contributed by atoms with Gasteiger partial charge in [-0.15, -0.1) is 0 Å². The number of rotatable bonds is 3. The maximum Gasteiger partial charge on any atom is 0.199 e. The highest BCUT2D eigenvalue weighted by Crippen LogP contribution is 2.28. The molecule has 1 heterocycles. The molecule has 0 saturated heterocycles. The highest BCUT2D eigenvalue weighted by molar-refractivity contribution is 6.10. The molecular weight excluding hydrogens is 228 g/mol. The molecule has 0 amide bonds. The largest absolute Gasteiger partial charge is 0.496 e. The van der Waals surface area contributed by atoms with Crippen molar-refractivity contribution in [3.8, 4) is 5.75 Å². The number of benzene rings is 1. The van der Waals surface area contributed by atoms with Gasteiger partial charge in [0.2, 0.25) is 0 Å². The van der Waals surface area contributed by atoms with E-state index in [0.29, 0.717) is 16.9 Å². The monoisotopic (exact) mass is 244 g/mol. The Hall–Kier alpha value is -2.03. The lowest BCUT2D eigenvalue weighted by Gasteiger charge is -2.11. The summed E-state index contributed by atoms with van der Waals surface area (Å²) >= 11 is 0. The van der Waals surface area contributed by atoms with E-state index in [1.54, 1.807) is 19.2 Å². The normalized spacial score (nSPS) is 10.4. The summed E-state index contributed by atoms with van der Waals surface area (Å²) in [5, 5.41) is 0. The highest BCUT2D eigenvalue weighted by atomic mass is 16.5. The molecule has 0 aliphatic rings. The fourth-order valence-corrected chi connectivity index (χ4v) is 1.95. The molecule has 0 radical (unpaired) electrons. The number of hydrogen-bond donors (Lipinski definition) is 0. The second kappa shape index (κ2) is 4.69. The fraction of sp³-hybridized carbons (Fsp3) is 0.267. The number of hydrogen-bond acceptors (Lipinski definition) is 3. The Morgan fingerprint density at radius 1 is 1.22 bits per heavy atom. The Kier molecular flexibility index (Phi) is 3.24. The molecule has 2 aromatic rings. The first kappa shape index (κ1) is 12.4. The number of carbonyl (C=O) groups excluding carboxylic acids is 1. The number of ketones is 1. The van der Waals surface area contributed by atoms with Crippen molar-refractivity contribution >= 4 is 5.78 Å². The molecule has 1 aromatic heterocycles. The van der Waals surface area contributed by atoms with Crippen LogP contribution in [-0.4, -0.2) is 12.9 Å². The Balaban J connectivity index is 2.51. The standard InChI is InChI=1S/C15H16O3/c1-9-5-6-13(15(17-4)11(9)3)14(16)12-7-10(2)18-8-12/h5-8H,1-4H3. The lowest BCUT2D eigenvalue weighted by molar-refractivity contribution is 0.103. The molecule has 18 heavy (non-hydrogen) atoms. The number of aryl methyl sites for hydroxylation is 2. The summed E-state index contributed by atoms with van der Waals surface area (Å²) in [4.78, 5) is 12.4. The van der Waals surface area contributed by atoms with E-state index in [-0.39, 0.29) is 5.78 Å². The van der Waals surface area contributed by atoms with Crippen LogP contribution in [0.5, 0.6) is 5.75 Å². The number of methoxy groups -OCH3 is 1. The molecule has 0 saturated carbocycles. The van der Waals surface area contributed by atoms with E-state index < -0.39 is 0 Å². The molecule has 94 valence electrons. The van der Waals surface area contributed by atoms with Crippen LogP contribution in [0.25, 0.3) is 0 Å². The number of furan rings is 1. The van der Waals surface area contributed by atoms with Crippen molar-refractivity contribution in [3.63, 3.8) is 0 Å². The van der Waals surface area contributed by atoms with Crippen LogP contribution in [0.1, 0.15) is 32.8 Å². The second-order valence-electron chi connectivity index (χ2n) is 4.36. The van der Waals surface area contributed by atoms with E-state index in [1.807, 2.05) is 26.8 Å². The number of ether oxygens (including phenoxy) is 1. The average molecular weight is 244 g/mol. The summed E-state index contributed by atoms with van der Waals surface area (Å²) < 4.78 is 10.5. The molecular formula is C15H16O3. The van der Waals surface area contributed by atoms with Gasteiger partial charge in [-0.25, -0.2) is 0 Å². The van der Waals surface area contributed by atoms with Crippen LogP contribution < -0.4 is 4.74 Å². The van der Waals surface area contributed by atoms with Crippen LogP contribution in [0.2, 0.25) is 0 Å². The van der Waals surface area contributed by atoms with E-state index in [4.69, 9.17) is 9.15 Å². The van der Waals surface area contributed by atoms with Crippen LogP contribution in [0, 0.1) is 20.8 Å². The highest BCUT2D eigenvalue weighted by Gasteiger charge is 2.18. The van der Waals surface area contributed by atoms with E-state index in [1.165, 1.54) is 6.26 Å². The molecule has 0 bridgehead atoms. The van der Waals surface area contributed by atoms with E-state index in [2.05, 4.69) is 0 Å². The summed E-state index contributed by atoms with van der Waals surface area (Å²) in [6.07, 6.45) is 1.48. The lowest BCUT2D eigenvalue weighted by atomic mass is 9.99. The fourth-order valence-electron chi connectivity index (χ4n) is 1.95. The zero-order valence-electron chi connectivity index (χ0n) is 11.0. The van der Waals surface area contributed by atoms with Crippen LogP contribution in [-0.2, 0) is 0 Å². The van der Waals surface area contributed by atoms with Gasteiger partial charge in [-0.2, -0.15) is 0 Å². The molecule has 0 aliphatic carbocycles. The summed E-state index contributed by atoms with van der Waals surface area (Å²) in [6, 6.07) is 5.46. The van der Waals surface area contributed by atoms with Crippen molar-refractivity contribution in [2.24, 2.45) is 0 Å². The van der Waals surface area contributed by atoms with Gasteiger partial charge in [0.15, 0.2) is 5.78 Å². The third-order valence-corrected chi connectivity index (χ3v) is 3.12. The van der Waals surface area contributed by atoms with Crippen molar-refractivity contribution in [3.05, 3.63) is 52.5 Å². The third-order valence-electron chi connectivity index (χ3n) is 3.12. The van der Waals surface area contributed by atoms with Gasteiger partial charge in [0, 0.05) is 0 Å². The first-order valence-electron chi connectivity index (χ1n) is 5.78. The lowest BCUT2D eigenvalue weighted by Crippen LogP contribution is -2.05. The summed E-state index contributed by atoms with van der Waals surface area (Å²) in [5.41, 5.74) is 3.21. The smallest absolute Gasteiger partial charge is 0.199 e. The number of carbonyl (C=O) groups is 1. The molecule has 3 nitrogen and oxygen atoms in total. The molecule has 0 atom stereocenters. The maximum absolute atomic E-state index is 12.4. The zero-order valence-corrected chi connectivity index (χ0v) is 11.0. The van der Waals surface area contributed by atoms with Crippen molar-refractivity contribution in [1.29, 1.82) is 0 Å². The first-order valence-corrected chi connectivity index (χ1v) is 5.78. The van der Waals surface area contributed by atoms with E-state index in [9.17, 15) is 4.79 Å². The van der Waals surface area contributed by atoms with Crippen molar-refractivity contribution in [2.75, 3.05) is 7.11 Å². The van der Waals surface area contributed by atoms with Gasteiger partial charge in [-0.1, -0.05) is 6.07 Å². The van der Waals surface area contributed by atoms with Crippen LogP contribution in [0.15, 0.2) is 28.9 Å². The quantitative estimate of drug-likeness (QED) is 0.776. The predicted octanol–water partition coefficient (Wildman–Crippen LogP) is 3.44. The van der Waals surface area contributed by atoms with Crippen molar-refractivity contribution in [1.82, 2.24) is 0 Å². The van der Waals surface area contributed by atoms with Gasteiger partial charge in [-0.05, 0) is 44.0 Å². The molecule has 0 aliphatic heterocycles. The summed E-state index contributed by atoms with van der Waals surface area (Å²) in [6.45, 7) is 5.76. The van der Waals surface area contributed by atoms with Crippen LogP contribution >= 0.6 is 0 Å². The van der Waals surface area contributed by atoms with Crippen LogP contribution in [0.4, 0.5) is 0 Å². The Morgan fingerprint density at radius 2 is 1.94 bits per heavy atom. The van der Waals surface area contributed by atoms with Gasteiger partial charge in [0.05, 0.1) is 18.2 Å². The molecule has 3 heteroatoms. The molecule has 0 spiro atoms. The average Bonchev–Trinajstić information content (AvgIpc) is 2.78. The minimum Gasteiger partial charge on any atom is -0.496 e. The molecule has 1 aromatic carbocycles. The zero-order chi connectivity index (χ0) is 13.3. The Morgan fingerprint density at radius 3 is 2.50 bits per heavy atom. The Labute approximate surface area is 106 Å². The van der Waals surface area contributed by atoms with Gasteiger partial charge in [-0.3, -0.25) is 4.79 Å². The minimum atomic E-state index is -0.0770. The van der Waals surface area contributed by atoms with Gasteiger partial charge >= 0.3 is 0 Å².